The van der Waals surface area contributed by atoms with Crippen molar-refractivity contribution in [2.45, 2.75) is 19.4 Å². The summed E-state index contributed by atoms with van der Waals surface area (Å²) in [5.74, 6) is 0.435. The van der Waals surface area contributed by atoms with Gasteiger partial charge in [0.05, 0.1) is 0 Å². The van der Waals surface area contributed by atoms with Crippen LogP contribution in [0, 0.1) is 0 Å². The fourth-order valence-corrected chi connectivity index (χ4v) is 2.17. The lowest BCUT2D eigenvalue weighted by atomic mass is 10.2. The van der Waals surface area contributed by atoms with E-state index in [1.54, 1.807) is 36.1 Å². The molecule has 110 valence electrons. The zero-order valence-electron chi connectivity index (χ0n) is 11.5. The van der Waals surface area contributed by atoms with E-state index in [1.807, 2.05) is 0 Å². The van der Waals surface area contributed by atoms with Gasteiger partial charge < -0.3 is 14.6 Å². The number of nitrogens with one attached hydrogen (secondary N) is 1. The maximum atomic E-state index is 12.0. The van der Waals surface area contributed by atoms with E-state index in [4.69, 9.17) is 16.0 Å². The third-order valence-electron chi connectivity index (χ3n) is 3.39. The predicted octanol–water partition coefficient (Wildman–Crippen LogP) is 2.42. The summed E-state index contributed by atoms with van der Waals surface area (Å²) in [6.45, 7) is 3.43. The molecule has 2 heterocycles. The minimum atomic E-state index is -0.385. The Bertz CT molecular complexity index is 637. The van der Waals surface area contributed by atoms with Crippen LogP contribution in [0.4, 0.5) is 6.01 Å². The molecule has 0 radical (unpaired) electrons. The van der Waals surface area contributed by atoms with Crippen LogP contribution in [0.1, 0.15) is 13.3 Å². The molecule has 0 unspecified atom stereocenters. The molecule has 21 heavy (non-hydrogen) atoms. The lowest BCUT2D eigenvalue weighted by molar-refractivity contribution is -0.135. The second kappa shape index (κ2) is 5.73. The standard InChI is InChI=1S/C14H15ClN4O2/c1-9(13(20)19-7-2-8-19)16-14-18-17-12(21-14)10-3-5-11(15)6-4-10/h3-6,9H,2,7-8H2,1H3,(H,16,18)/t9-/m1/s1. The number of anilines is 1. The minimum Gasteiger partial charge on any atom is -0.403 e. The van der Waals surface area contributed by atoms with Crippen molar-refractivity contribution in [1.29, 1.82) is 0 Å². The van der Waals surface area contributed by atoms with Gasteiger partial charge in [-0.05, 0) is 37.6 Å². The normalized spacial score (nSPS) is 15.4. The number of amides is 1. The molecule has 0 spiro atoms. The molecule has 3 rings (SSSR count). The number of hydrogen-bond donors (Lipinski definition) is 1. The molecular weight excluding hydrogens is 292 g/mol. The van der Waals surface area contributed by atoms with Crippen molar-refractivity contribution in [2.75, 3.05) is 18.4 Å². The summed E-state index contributed by atoms with van der Waals surface area (Å²) in [4.78, 5) is 13.8. The highest BCUT2D eigenvalue weighted by molar-refractivity contribution is 6.30. The Morgan fingerprint density at radius 1 is 1.33 bits per heavy atom. The molecule has 1 atom stereocenters. The molecule has 0 saturated carbocycles. The number of carbonyl (C=O) groups is 1. The van der Waals surface area contributed by atoms with E-state index < -0.39 is 0 Å². The van der Waals surface area contributed by atoms with Crippen LogP contribution < -0.4 is 5.32 Å². The Balaban J connectivity index is 1.67. The number of halogens is 1. The average Bonchev–Trinajstić information content (AvgIpc) is 2.86. The SMILES string of the molecule is C[C@@H](Nc1nnc(-c2ccc(Cl)cc2)o1)C(=O)N1CCC1. The Hall–Kier alpha value is -2.08. The first-order valence-corrected chi connectivity index (χ1v) is 7.16. The monoisotopic (exact) mass is 306 g/mol. The van der Waals surface area contributed by atoms with Gasteiger partial charge in [0.2, 0.25) is 11.8 Å². The van der Waals surface area contributed by atoms with Crippen molar-refractivity contribution in [3.8, 4) is 11.5 Å². The van der Waals surface area contributed by atoms with E-state index >= 15 is 0 Å². The summed E-state index contributed by atoms with van der Waals surface area (Å²) in [5, 5.41) is 11.4. The summed E-state index contributed by atoms with van der Waals surface area (Å²) in [6.07, 6.45) is 1.07. The Morgan fingerprint density at radius 2 is 2.05 bits per heavy atom. The van der Waals surface area contributed by atoms with Gasteiger partial charge >= 0.3 is 6.01 Å². The zero-order valence-corrected chi connectivity index (χ0v) is 12.3. The van der Waals surface area contributed by atoms with E-state index in [1.165, 1.54) is 0 Å². The topological polar surface area (TPSA) is 71.3 Å². The van der Waals surface area contributed by atoms with Crippen molar-refractivity contribution in [3.63, 3.8) is 0 Å². The van der Waals surface area contributed by atoms with Gasteiger partial charge in [0.1, 0.15) is 6.04 Å². The Kier molecular flexibility index (Phi) is 3.79. The molecule has 1 aliphatic heterocycles. The smallest absolute Gasteiger partial charge is 0.316 e. The number of hydrogen-bond acceptors (Lipinski definition) is 5. The van der Waals surface area contributed by atoms with Crippen LogP contribution in [0.3, 0.4) is 0 Å². The number of benzene rings is 1. The molecule has 0 bridgehead atoms. The highest BCUT2D eigenvalue weighted by atomic mass is 35.5. The fourth-order valence-electron chi connectivity index (χ4n) is 2.05. The van der Waals surface area contributed by atoms with Crippen molar-refractivity contribution >= 4 is 23.5 Å². The highest BCUT2D eigenvalue weighted by Gasteiger charge is 2.26. The molecular formula is C14H15ClN4O2. The van der Waals surface area contributed by atoms with Gasteiger partial charge in [-0.3, -0.25) is 4.79 Å². The number of rotatable bonds is 4. The van der Waals surface area contributed by atoms with Crippen LogP contribution in [-0.2, 0) is 4.79 Å². The van der Waals surface area contributed by atoms with Gasteiger partial charge in [0.15, 0.2) is 0 Å². The Morgan fingerprint density at radius 3 is 2.67 bits per heavy atom. The molecule has 1 saturated heterocycles. The van der Waals surface area contributed by atoms with Crippen molar-refractivity contribution < 1.29 is 9.21 Å². The van der Waals surface area contributed by atoms with E-state index in [0.717, 1.165) is 25.1 Å². The second-order valence-corrected chi connectivity index (χ2v) is 5.40. The van der Waals surface area contributed by atoms with Crippen LogP contribution in [0.25, 0.3) is 11.5 Å². The largest absolute Gasteiger partial charge is 0.403 e. The van der Waals surface area contributed by atoms with Crippen LogP contribution in [0.15, 0.2) is 28.7 Å². The predicted molar refractivity (Wildman–Crippen MR) is 79.0 cm³/mol. The maximum Gasteiger partial charge on any atom is 0.316 e. The zero-order chi connectivity index (χ0) is 14.8. The van der Waals surface area contributed by atoms with Gasteiger partial charge in [0.25, 0.3) is 0 Å². The summed E-state index contributed by atoms with van der Waals surface area (Å²) < 4.78 is 5.51. The van der Waals surface area contributed by atoms with E-state index in [2.05, 4.69) is 15.5 Å². The number of aromatic nitrogens is 2. The van der Waals surface area contributed by atoms with Gasteiger partial charge in [-0.25, -0.2) is 0 Å². The first-order chi connectivity index (χ1) is 10.1. The highest BCUT2D eigenvalue weighted by Crippen LogP contribution is 2.22. The molecule has 7 heteroatoms. The summed E-state index contributed by atoms with van der Waals surface area (Å²) >= 11 is 5.84. The maximum absolute atomic E-state index is 12.0. The van der Waals surface area contributed by atoms with Crippen LogP contribution in [-0.4, -0.2) is 40.1 Å². The first kappa shape index (κ1) is 13.9. The summed E-state index contributed by atoms with van der Waals surface area (Å²) in [5.41, 5.74) is 0.779. The number of nitrogens with zero attached hydrogens (tertiary/aromatic N) is 3. The van der Waals surface area contributed by atoms with Gasteiger partial charge in [-0.1, -0.05) is 16.7 Å². The molecule has 2 aromatic rings. The molecule has 1 aliphatic rings. The molecule has 1 aromatic carbocycles. The second-order valence-electron chi connectivity index (χ2n) is 4.96. The number of likely N-dealkylation sites (tertiary alicyclic amines) is 1. The Labute approximate surface area is 127 Å². The van der Waals surface area contributed by atoms with Crippen molar-refractivity contribution in [1.82, 2.24) is 15.1 Å². The quantitative estimate of drug-likeness (QED) is 0.939. The van der Waals surface area contributed by atoms with E-state index in [0.29, 0.717) is 10.9 Å². The summed E-state index contributed by atoms with van der Waals surface area (Å²) in [7, 11) is 0. The van der Waals surface area contributed by atoms with Crippen LogP contribution in [0.5, 0.6) is 0 Å². The lowest BCUT2D eigenvalue weighted by Gasteiger charge is -2.33. The molecule has 1 N–H and O–H groups in total. The third-order valence-corrected chi connectivity index (χ3v) is 3.65. The van der Waals surface area contributed by atoms with Crippen LogP contribution in [0.2, 0.25) is 5.02 Å². The average molecular weight is 307 g/mol. The van der Waals surface area contributed by atoms with Crippen molar-refractivity contribution in [2.24, 2.45) is 0 Å². The molecule has 6 nitrogen and oxygen atoms in total. The summed E-state index contributed by atoms with van der Waals surface area (Å²) in [6, 6.07) is 6.96. The van der Waals surface area contributed by atoms with Gasteiger partial charge in [-0.15, -0.1) is 5.10 Å². The van der Waals surface area contributed by atoms with Gasteiger partial charge in [-0.2, -0.15) is 0 Å². The minimum absolute atomic E-state index is 0.0486. The van der Waals surface area contributed by atoms with Crippen molar-refractivity contribution in [3.05, 3.63) is 29.3 Å². The third kappa shape index (κ3) is 3.00. The lowest BCUT2D eigenvalue weighted by Crippen LogP contribution is -2.48. The molecule has 1 aromatic heterocycles. The van der Waals surface area contributed by atoms with E-state index in [9.17, 15) is 4.79 Å². The molecule has 1 fully saturated rings. The molecule has 0 aliphatic carbocycles. The first-order valence-electron chi connectivity index (χ1n) is 6.78. The molecule has 1 amide bonds. The van der Waals surface area contributed by atoms with E-state index in [-0.39, 0.29) is 18.0 Å². The van der Waals surface area contributed by atoms with Crippen LogP contribution >= 0.6 is 11.6 Å². The van der Waals surface area contributed by atoms with Gasteiger partial charge in [0, 0.05) is 23.7 Å². The number of carbonyl (C=O) groups excluding carboxylic acids is 1. The fraction of sp³-hybridized carbons (Fsp3) is 0.357.